The van der Waals surface area contributed by atoms with E-state index in [9.17, 15) is 8.42 Å². The molecule has 0 saturated carbocycles. The summed E-state index contributed by atoms with van der Waals surface area (Å²) in [5.74, 6) is 1.49. The maximum atomic E-state index is 13.1. The predicted octanol–water partition coefficient (Wildman–Crippen LogP) is 3.03. The van der Waals surface area contributed by atoms with E-state index < -0.39 is 10.0 Å². The van der Waals surface area contributed by atoms with Gasteiger partial charge in [0.15, 0.2) is 11.5 Å². The zero-order chi connectivity index (χ0) is 19.6. The Hall–Kier alpha value is -1.55. The van der Waals surface area contributed by atoms with Gasteiger partial charge in [-0.2, -0.15) is 4.31 Å². The summed E-state index contributed by atoms with van der Waals surface area (Å²) in [6.45, 7) is 1.66. The molecule has 2 aromatic rings. The van der Waals surface area contributed by atoms with Crippen molar-refractivity contribution in [3.05, 3.63) is 40.0 Å². The molecule has 0 unspecified atom stereocenters. The van der Waals surface area contributed by atoms with E-state index >= 15 is 0 Å². The minimum atomic E-state index is -3.70. The number of pyridine rings is 1. The van der Waals surface area contributed by atoms with Gasteiger partial charge in [-0.3, -0.25) is 0 Å². The maximum Gasteiger partial charge on any atom is 0.244 e. The second-order valence-corrected chi connectivity index (χ2v) is 9.01. The Morgan fingerprint density at radius 2 is 1.74 bits per heavy atom. The van der Waals surface area contributed by atoms with E-state index in [2.05, 4.69) is 20.9 Å². The lowest BCUT2D eigenvalue weighted by Crippen LogP contribution is -2.49. The first-order chi connectivity index (χ1) is 12.9. The first-order valence-corrected chi connectivity index (χ1v) is 10.8. The Morgan fingerprint density at radius 3 is 2.33 bits per heavy atom. The summed E-state index contributed by atoms with van der Waals surface area (Å²) < 4.78 is 38.6. The van der Waals surface area contributed by atoms with Gasteiger partial charge >= 0.3 is 0 Å². The summed E-state index contributed by atoms with van der Waals surface area (Å²) in [5.41, 5.74) is 0. The normalized spacial score (nSPS) is 15.6. The van der Waals surface area contributed by atoms with E-state index in [0.29, 0.717) is 53.0 Å². The van der Waals surface area contributed by atoms with E-state index in [-0.39, 0.29) is 4.90 Å². The molecule has 146 valence electrons. The van der Waals surface area contributed by atoms with Gasteiger partial charge < -0.3 is 14.4 Å². The molecule has 1 aliphatic heterocycles. The average Bonchev–Trinajstić information content (AvgIpc) is 2.68. The van der Waals surface area contributed by atoms with Gasteiger partial charge in [-0.1, -0.05) is 11.6 Å². The number of benzene rings is 1. The molecule has 1 aromatic heterocycles. The molecule has 0 aliphatic carbocycles. The van der Waals surface area contributed by atoms with Gasteiger partial charge in [-0.05, 0) is 34.1 Å². The number of hydrogen-bond donors (Lipinski definition) is 0. The fraction of sp³-hybridized carbons (Fsp3) is 0.353. The molecule has 1 fully saturated rings. The van der Waals surface area contributed by atoms with Crippen molar-refractivity contribution in [2.24, 2.45) is 0 Å². The summed E-state index contributed by atoms with van der Waals surface area (Å²) in [6, 6.07) is 6.60. The summed E-state index contributed by atoms with van der Waals surface area (Å²) >= 11 is 9.53. The van der Waals surface area contributed by atoms with Crippen LogP contribution in [0.3, 0.4) is 0 Å². The largest absolute Gasteiger partial charge is 0.493 e. The van der Waals surface area contributed by atoms with Crippen molar-refractivity contribution in [3.8, 4) is 11.5 Å². The van der Waals surface area contributed by atoms with Crippen LogP contribution in [-0.2, 0) is 10.0 Å². The predicted molar refractivity (Wildman–Crippen MR) is 107 cm³/mol. The highest BCUT2D eigenvalue weighted by Gasteiger charge is 2.31. The van der Waals surface area contributed by atoms with Gasteiger partial charge in [0, 0.05) is 42.9 Å². The Kier molecular flexibility index (Phi) is 6.15. The van der Waals surface area contributed by atoms with Crippen LogP contribution < -0.4 is 14.4 Å². The van der Waals surface area contributed by atoms with Crippen LogP contribution in [-0.4, -0.2) is 58.1 Å². The highest BCUT2D eigenvalue weighted by atomic mass is 79.9. The molecule has 0 atom stereocenters. The van der Waals surface area contributed by atoms with Crippen LogP contribution in [0.15, 0.2) is 39.8 Å². The fourth-order valence-electron chi connectivity index (χ4n) is 2.92. The van der Waals surface area contributed by atoms with E-state index in [0.717, 1.165) is 0 Å². The minimum Gasteiger partial charge on any atom is -0.493 e. The molecule has 10 heteroatoms. The van der Waals surface area contributed by atoms with Crippen molar-refractivity contribution in [2.45, 2.75) is 4.90 Å². The Balaban J connectivity index is 1.82. The van der Waals surface area contributed by atoms with Crippen LogP contribution in [0.2, 0.25) is 5.02 Å². The lowest BCUT2D eigenvalue weighted by atomic mass is 10.3. The average molecular weight is 477 g/mol. The van der Waals surface area contributed by atoms with Crippen LogP contribution in [0.5, 0.6) is 11.5 Å². The van der Waals surface area contributed by atoms with Crippen LogP contribution in [0, 0.1) is 0 Å². The van der Waals surface area contributed by atoms with E-state index in [4.69, 9.17) is 21.1 Å². The van der Waals surface area contributed by atoms with Gasteiger partial charge in [-0.25, -0.2) is 13.4 Å². The topological polar surface area (TPSA) is 72.0 Å². The first-order valence-electron chi connectivity index (χ1n) is 8.15. The summed E-state index contributed by atoms with van der Waals surface area (Å²) in [4.78, 5) is 6.42. The zero-order valence-corrected chi connectivity index (χ0v) is 18.0. The van der Waals surface area contributed by atoms with Gasteiger partial charge in [0.25, 0.3) is 0 Å². The zero-order valence-electron chi connectivity index (χ0n) is 14.9. The van der Waals surface area contributed by atoms with Crippen molar-refractivity contribution >= 4 is 43.4 Å². The van der Waals surface area contributed by atoms with Gasteiger partial charge in [0.1, 0.15) is 10.7 Å². The molecule has 1 aliphatic rings. The third-order valence-electron chi connectivity index (χ3n) is 4.33. The lowest BCUT2D eigenvalue weighted by Gasteiger charge is -2.35. The number of aromatic nitrogens is 1. The Labute approximate surface area is 172 Å². The van der Waals surface area contributed by atoms with Gasteiger partial charge in [-0.15, -0.1) is 0 Å². The number of anilines is 1. The molecule has 0 N–H and O–H groups in total. The second kappa shape index (κ2) is 8.22. The molecule has 2 heterocycles. The quantitative estimate of drug-likeness (QED) is 0.661. The molecular weight excluding hydrogens is 458 g/mol. The third-order valence-corrected chi connectivity index (χ3v) is 7.49. The summed E-state index contributed by atoms with van der Waals surface area (Å²) in [6.07, 6.45) is 1.67. The van der Waals surface area contributed by atoms with Gasteiger partial charge in [0.05, 0.1) is 19.2 Å². The van der Waals surface area contributed by atoms with Gasteiger partial charge in [0.2, 0.25) is 10.0 Å². The number of hydrogen-bond acceptors (Lipinski definition) is 6. The molecule has 3 rings (SSSR count). The minimum absolute atomic E-state index is 0.143. The van der Waals surface area contributed by atoms with Crippen LogP contribution in [0.4, 0.5) is 5.82 Å². The smallest absolute Gasteiger partial charge is 0.244 e. The van der Waals surface area contributed by atoms with E-state index in [1.165, 1.54) is 24.6 Å². The summed E-state index contributed by atoms with van der Waals surface area (Å²) in [7, 11) is -0.725. The molecule has 0 bridgehead atoms. The number of halogens is 2. The van der Waals surface area contributed by atoms with Crippen LogP contribution in [0.1, 0.15) is 0 Å². The highest BCUT2D eigenvalue weighted by molar-refractivity contribution is 9.10. The number of ether oxygens (including phenoxy) is 2. The Bertz CT molecular complexity index is 934. The maximum absolute atomic E-state index is 13.1. The number of rotatable bonds is 5. The SMILES string of the molecule is COc1cc(Br)c(S(=O)(=O)N2CCN(c3ncccc3Cl)CC2)cc1OC. The number of sulfonamides is 1. The van der Waals surface area contributed by atoms with Crippen molar-refractivity contribution < 1.29 is 17.9 Å². The first kappa shape index (κ1) is 20.2. The fourth-order valence-corrected chi connectivity index (χ4v) is 5.58. The molecular formula is C17H19BrClN3O4S. The molecule has 27 heavy (non-hydrogen) atoms. The van der Waals surface area contributed by atoms with E-state index in [1.807, 2.05) is 4.90 Å². The lowest BCUT2D eigenvalue weighted by molar-refractivity contribution is 0.352. The summed E-state index contributed by atoms with van der Waals surface area (Å²) in [5, 5.41) is 0.552. The number of nitrogens with zero attached hydrogens (tertiary/aromatic N) is 3. The molecule has 0 spiro atoms. The van der Waals surface area contributed by atoms with Crippen molar-refractivity contribution in [1.82, 2.24) is 9.29 Å². The molecule has 1 aromatic carbocycles. The van der Waals surface area contributed by atoms with Crippen molar-refractivity contribution in [2.75, 3.05) is 45.3 Å². The third kappa shape index (κ3) is 4.01. The molecule has 7 nitrogen and oxygen atoms in total. The number of piperazine rings is 1. The second-order valence-electron chi connectivity index (χ2n) is 5.84. The Morgan fingerprint density at radius 1 is 1.11 bits per heavy atom. The molecule has 0 radical (unpaired) electrons. The molecule has 0 amide bonds. The van der Waals surface area contributed by atoms with Crippen molar-refractivity contribution in [3.63, 3.8) is 0 Å². The van der Waals surface area contributed by atoms with E-state index in [1.54, 1.807) is 24.4 Å². The highest BCUT2D eigenvalue weighted by Crippen LogP contribution is 2.37. The van der Waals surface area contributed by atoms with Crippen LogP contribution >= 0.6 is 27.5 Å². The number of methoxy groups -OCH3 is 2. The van der Waals surface area contributed by atoms with Crippen LogP contribution in [0.25, 0.3) is 0 Å². The standard InChI is InChI=1S/C17H19BrClN3O4S/c1-25-14-10-12(18)16(11-15(14)26-2)27(23,24)22-8-6-21(7-9-22)17-13(19)4-3-5-20-17/h3-5,10-11H,6-9H2,1-2H3. The molecule has 1 saturated heterocycles. The van der Waals surface area contributed by atoms with Crippen molar-refractivity contribution in [1.29, 1.82) is 0 Å². The monoisotopic (exact) mass is 475 g/mol.